The lowest BCUT2D eigenvalue weighted by molar-refractivity contribution is 0.454. The lowest BCUT2D eigenvalue weighted by Crippen LogP contribution is -2.22. The first-order valence-electron chi connectivity index (χ1n) is 9.57. The molecule has 2 aromatic heterocycles. The molecule has 2 aromatic carbocycles. The van der Waals surface area contributed by atoms with Crippen LogP contribution in [0.2, 0.25) is 0 Å². The SMILES string of the molecule is CC(C)(c1cccc(Oc2ccccc2)n1)c1cccc(-c2ccc(F)cc2F)n1. The van der Waals surface area contributed by atoms with Crippen molar-refractivity contribution in [3.63, 3.8) is 0 Å². The topological polar surface area (TPSA) is 35.0 Å². The molecule has 3 nitrogen and oxygen atoms in total. The summed E-state index contributed by atoms with van der Waals surface area (Å²) in [6.07, 6.45) is 0. The number of halogens is 2. The summed E-state index contributed by atoms with van der Waals surface area (Å²) >= 11 is 0. The number of aromatic nitrogens is 2. The van der Waals surface area contributed by atoms with Crippen LogP contribution in [-0.4, -0.2) is 9.97 Å². The standard InChI is InChI=1S/C25H20F2N2O/c1-25(2,23-12-7-13-24(29-23)30-18-8-4-3-5-9-18)22-11-6-10-21(28-22)19-15-14-17(26)16-20(19)27/h3-16H,1-2H3. The fraction of sp³-hybridized carbons (Fsp3) is 0.120. The first-order valence-corrected chi connectivity index (χ1v) is 9.57. The van der Waals surface area contributed by atoms with Crippen LogP contribution in [0.25, 0.3) is 11.3 Å². The molecule has 0 fully saturated rings. The highest BCUT2D eigenvalue weighted by Crippen LogP contribution is 2.32. The van der Waals surface area contributed by atoms with E-state index in [1.165, 1.54) is 12.1 Å². The monoisotopic (exact) mass is 402 g/mol. The number of hydrogen-bond acceptors (Lipinski definition) is 3. The van der Waals surface area contributed by atoms with Gasteiger partial charge in [-0.25, -0.2) is 13.8 Å². The van der Waals surface area contributed by atoms with Gasteiger partial charge in [0.25, 0.3) is 0 Å². The van der Waals surface area contributed by atoms with Gasteiger partial charge in [0, 0.05) is 23.1 Å². The van der Waals surface area contributed by atoms with E-state index in [1.54, 1.807) is 12.1 Å². The maximum Gasteiger partial charge on any atom is 0.219 e. The smallest absolute Gasteiger partial charge is 0.219 e. The summed E-state index contributed by atoms with van der Waals surface area (Å²) in [5, 5.41) is 0. The molecule has 0 aliphatic rings. The van der Waals surface area contributed by atoms with Gasteiger partial charge in [0.1, 0.15) is 17.4 Å². The van der Waals surface area contributed by atoms with E-state index < -0.39 is 17.0 Å². The molecule has 0 bridgehead atoms. The molecule has 5 heteroatoms. The van der Waals surface area contributed by atoms with Crippen molar-refractivity contribution in [2.75, 3.05) is 0 Å². The average Bonchev–Trinajstić information content (AvgIpc) is 2.75. The van der Waals surface area contributed by atoms with Crippen LogP contribution in [0.1, 0.15) is 25.2 Å². The molecule has 0 amide bonds. The highest BCUT2D eigenvalue weighted by molar-refractivity contribution is 5.60. The zero-order valence-corrected chi connectivity index (χ0v) is 16.6. The molecule has 0 aliphatic carbocycles. The summed E-state index contributed by atoms with van der Waals surface area (Å²) in [4.78, 5) is 9.31. The van der Waals surface area contributed by atoms with Crippen molar-refractivity contribution in [1.29, 1.82) is 0 Å². The van der Waals surface area contributed by atoms with Gasteiger partial charge in [0.2, 0.25) is 5.88 Å². The molecule has 150 valence electrons. The van der Waals surface area contributed by atoms with Crippen LogP contribution in [-0.2, 0) is 5.41 Å². The zero-order chi connectivity index (χ0) is 21.1. The van der Waals surface area contributed by atoms with E-state index >= 15 is 0 Å². The van der Waals surface area contributed by atoms with Crippen molar-refractivity contribution >= 4 is 0 Å². The minimum absolute atomic E-state index is 0.253. The minimum atomic E-state index is -0.645. The summed E-state index contributed by atoms with van der Waals surface area (Å²) < 4.78 is 33.4. The summed E-state index contributed by atoms with van der Waals surface area (Å²) in [5.74, 6) is -0.0830. The van der Waals surface area contributed by atoms with Crippen molar-refractivity contribution in [2.45, 2.75) is 19.3 Å². The van der Waals surface area contributed by atoms with Gasteiger partial charge in [0.05, 0.1) is 17.1 Å². The lowest BCUT2D eigenvalue weighted by atomic mass is 9.84. The Morgan fingerprint density at radius 3 is 2.17 bits per heavy atom. The molecule has 4 aromatic rings. The van der Waals surface area contributed by atoms with E-state index in [9.17, 15) is 8.78 Å². The van der Waals surface area contributed by atoms with E-state index in [1.807, 2.05) is 68.4 Å². The van der Waals surface area contributed by atoms with Gasteiger partial charge in [-0.1, -0.05) is 30.3 Å². The number of rotatable bonds is 5. The van der Waals surface area contributed by atoms with Gasteiger partial charge in [-0.15, -0.1) is 0 Å². The van der Waals surface area contributed by atoms with Crippen LogP contribution in [0.5, 0.6) is 11.6 Å². The maximum atomic E-state index is 14.2. The lowest BCUT2D eigenvalue weighted by Gasteiger charge is -2.24. The molecule has 0 saturated heterocycles. The van der Waals surface area contributed by atoms with Crippen LogP contribution in [0.3, 0.4) is 0 Å². The molecule has 0 N–H and O–H groups in total. The molecule has 0 saturated carbocycles. The predicted molar refractivity (Wildman–Crippen MR) is 112 cm³/mol. The van der Waals surface area contributed by atoms with Crippen molar-refractivity contribution in [2.24, 2.45) is 0 Å². The van der Waals surface area contributed by atoms with Gasteiger partial charge in [-0.2, -0.15) is 0 Å². The normalized spacial score (nSPS) is 11.3. The summed E-state index contributed by atoms with van der Waals surface area (Å²) in [7, 11) is 0. The van der Waals surface area contributed by atoms with Gasteiger partial charge < -0.3 is 4.74 Å². The second kappa shape index (κ2) is 8.03. The van der Waals surface area contributed by atoms with Crippen molar-refractivity contribution < 1.29 is 13.5 Å². The molecule has 0 unspecified atom stereocenters. The molecular weight excluding hydrogens is 382 g/mol. The maximum absolute atomic E-state index is 14.2. The third-order valence-electron chi connectivity index (χ3n) is 4.93. The Morgan fingerprint density at radius 2 is 1.43 bits per heavy atom. The third-order valence-corrected chi connectivity index (χ3v) is 4.93. The Hall–Kier alpha value is -3.60. The highest BCUT2D eigenvalue weighted by atomic mass is 19.1. The van der Waals surface area contributed by atoms with Crippen molar-refractivity contribution in [1.82, 2.24) is 9.97 Å². The summed E-state index contributed by atoms with van der Waals surface area (Å²) in [6, 6.07) is 23.9. The van der Waals surface area contributed by atoms with Crippen LogP contribution >= 0.6 is 0 Å². The number of pyridine rings is 2. The Balaban J connectivity index is 1.68. The molecule has 0 atom stereocenters. The number of nitrogens with zero attached hydrogens (tertiary/aromatic N) is 2. The van der Waals surface area contributed by atoms with Crippen molar-refractivity contribution in [3.05, 3.63) is 108 Å². The number of benzene rings is 2. The molecule has 0 radical (unpaired) electrons. The average molecular weight is 402 g/mol. The first kappa shape index (κ1) is 19.7. The van der Waals surface area contributed by atoms with E-state index in [2.05, 4.69) is 9.97 Å². The van der Waals surface area contributed by atoms with Gasteiger partial charge >= 0.3 is 0 Å². The Bertz CT molecular complexity index is 1180. The molecule has 0 aliphatic heterocycles. The molecule has 2 heterocycles. The zero-order valence-electron chi connectivity index (χ0n) is 16.6. The number of hydrogen-bond donors (Lipinski definition) is 0. The second-order valence-electron chi connectivity index (χ2n) is 7.43. The number of para-hydroxylation sites is 1. The van der Waals surface area contributed by atoms with E-state index in [-0.39, 0.29) is 5.56 Å². The van der Waals surface area contributed by atoms with E-state index in [4.69, 9.17) is 4.74 Å². The van der Waals surface area contributed by atoms with Gasteiger partial charge in [0.15, 0.2) is 0 Å². The molecular formula is C25H20F2N2O. The fourth-order valence-electron chi connectivity index (χ4n) is 3.19. The minimum Gasteiger partial charge on any atom is -0.439 e. The third kappa shape index (κ3) is 4.06. The van der Waals surface area contributed by atoms with Gasteiger partial charge in [-0.3, -0.25) is 4.98 Å². The predicted octanol–water partition coefficient (Wildman–Crippen LogP) is 6.54. The quantitative estimate of drug-likeness (QED) is 0.380. The van der Waals surface area contributed by atoms with Crippen LogP contribution in [0, 0.1) is 11.6 Å². The Labute approximate surface area is 174 Å². The second-order valence-corrected chi connectivity index (χ2v) is 7.43. The summed E-state index contributed by atoms with van der Waals surface area (Å²) in [5.41, 5.74) is 1.61. The van der Waals surface area contributed by atoms with Crippen LogP contribution in [0.15, 0.2) is 84.9 Å². The van der Waals surface area contributed by atoms with E-state index in [0.717, 1.165) is 11.8 Å². The Kier molecular flexibility index (Phi) is 5.27. The van der Waals surface area contributed by atoms with Gasteiger partial charge in [-0.05, 0) is 56.3 Å². The van der Waals surface area contributed by atoms with Crippen LogP contribution in [0.4, 0.5) is 8.78 Å². The largest absolute Gasteiger partial charge is 0.439 e. The molecule has 4 rings (SSSR count). The number of ether oxygens (including phenoxy) is 1. The fourth-order valence-corrected chi connectivity index (χ4v) is 3.19. The molecule has 30 heavy (non-hydrogen) atoms. The van der Waals surface area contributed by atoms with Crippen molar-refractivity contribution in [3.8, 4) is 22.9 Å². The van der Waals surface area contributed by atoms with Crippen LogP contribution < -0.4 is 4.74 Å². The Morgan fingerprint density at radius 1 is 0.733 bits per heavy atom. The highest BCUT2D eigenvalue weighted by Gasteiger charge is 2.27. The summed E-state index contributed by atoms with van der Waals surface area (Å²) in [6.45, 7) is 3.99. The molecule has 0 spiro atoms. The first-order chi connectivity index (χ1) is 14.4. The van der Waals surface area contributed by atoms with E-state index in [0.29, 0.717) is 23.0 Å².